The number of anilines is 2. The van der Waals surface area contributed by atoms with Crippen molar-refractivity contribution >= 4 is 39.0 Å². The number of nitrogens with zero attached hydrogens (tertiary/aromatic N) is 2. The zero-order chi connectivity index (χ0) is 26.4. The molecule has 9 nitrogen and oxygen atoms in total. The van der Waals surface area contributed by atoms with Crippen LogP contribution in [0.3, 0.4) is 0 Å². The minimum absolute atomic E-state index is 0.0624. The Labute approximate surface area is 217 Å². The largest absolute Gasteiger partial charge is 0.466 e. The van der Waals surface area contributed by atoms with E-state index < -0.39 is 16.0 Å². The Balaban J connectivity index is 1.52. The fourth-order valence-electron chi connectivity index (χ4n) is 4.44. The number of benzene rings is 2. The number of carbonyl (C=O) groups is 2. The molecule has 0 aliphatic carbocycles. The average molecular weight is 526 g/mol. The van der Waals surface area contributed by atoms with Crippen molar-refractivity contribution in [3.8, 4) is 0 Å². The highest BCUT2D eigenvalue weighted by Crippen LogP contribution is 2.38. The molecule has 0 saturated carbocycles. The smallest absolute Gasteiger partial charge is 0.367 e. The fraction of sp³-hybridized carbons (Fsp3) is 0.370. The standard InChI is InChI=1S/C27H31N3O6S/c1-3-5-16-37(33,34)29-21-12-10-19(11-13-21)26-23(27(32)36-28-26)17-20-18-30(15-14-25(31)35-4-2)24-9-7-6-8-22(20)24/h6-13,17,20,29H,3-5,14-16,18H2,1-2H3. The molecule has 10 heteroatoms. The van der Waals surface area contributed by atoms with Crippen molar-refractivity contribution in [3.63, 3.8) is 0 Å². The summed E-state index contributed by atoms with van der Waals surface area (Å²) in [5.41, 5.74) is 3.89. The van der Waals surface area contributed by atoms with Crippen molar-refractivity contribution in [2.45, 2.75) is 39.0 Å². The van der Waals surface area contributed by atoms with E-state index in [4.69, 9.17) is 9.57 Å². The van der Waals surface area contributed by atoms with Crippen LogP contribution in [0.1, 0.15) is 50.2 Å². The lowest BCUT2D eigenvalue weighted by Crippen LogP contribution is -2.25. The molecule has 2 aliphatic heterocycles. The molecule has 0 amide bonds. The molecular formula is C27H31N3O6S. The Morgan fingerprint density at radius 1 is 1.19 bits per heavy atom. The molecule has 2 heterocycles. The lowest BCUT2D eigenvalue weighted by molar-refractivity contribution is -0.143. The normalized spacial score (nSPS) is 17.9. The molecule has 0 spiro atoms. The van der Waals surface area contributed by atoms with Gasteiger partial charge < -0.3 is 14.5 Å². The quantitative estimate of drug-likeness (QED) is 0.268. The Morgan fingerprint density at radius 2 is 1.95 bits per heavy atom. The van der Waals surface area contributed by atoms with Gasteiger partial charge in [-0.25, -0.2) is 13.2 Å². The molecule has 196 valence electrons. The number of esters is 1. The molecule has 0 radical (unpaired) electrons. The van der Waals surface area contributed by atoms with Gasteiger partial charge in [0.05, 0.1) is 24.4 Å². The Hall–Kier alpha value is -3.66. The summed E-state index contributed by atoms with van der Waals surface area (Å²) in [5, 5.41) is 4.00. The fourth-order valence-corrected chi connectivity index (χ4v) is 5.70. The van der Waals surface area contributed by atoms with Crippen molar-refractivity contribution in [2.75, 3.05) is 35.1 Å². The summed E-state index contributed by atoms with van der Waals surface area (Å²) in [5.74, 6) is -0.824. The Bertz CT molecular complexity index is 1320. The third-order valence-corrected chi connectivity index (χ3v) is 7.62. The number of oxime groups is 1. The summed E-state index contributed by atoms with van der Waals surface area (Å²) >= 11 is 0. The van der Waals surface area contributed by atoms with Gasteiger partial charge in [-0.2, -0.15) is 0 Å². The van der Waals surface area contributed by atoms with Crippen LogP contribution in [0.4, 0.5) is 11.4 Å². The zero-order valence-electron chi connectivity index (χ0n) is 21.0. The maximum absolute atomic E-state index is 12.6. The number of nitrogens with one attached hydrogen (secondary N) is 1. The first-order valence-electron chi connectivity index (χ1n) is 12.4. The van der Waals surface area contributed by atoms with E-state index in [0.717, 1.165) is 17.7 Å². The molecule has 0 bridgehead atoms. The van der Waals surface area contributed by atoms with E-state index in [1.807, 2.05) is 37.3 Å². The molecule has 37 heavy (non-hydrogen) atoms. The lowest BCUT2D eigenvalue weighted by Gasteiger charge is -2.19. The molecule has 1 atom stereocenters. The van der Waals surface area contributed by atoms with Crippen molar-refractivity contribution in [2.24, 2.45) is 5.16 Å². The highest BCUT2D eigenvalue weighted by Gasteiger charge is 2.32. The van der Waals surface area contributed by atoms with E-state index in [0.29, 0.717) is 48.7 Å². The van der Waals surface area contributed by atoms with Crippen LogP contribution in [0.5, 0.6) is 0 Å². The van der Waals surface area contributed by atoms with Crippen LogP contribution < -0.4 is 9.62 Å². The number of carbonyl (C=O) groups excluding carboxylic acids is 2. The SMILES string of the molecule is CCCCS(=O)(=O)Nc1ccc(C2=NOC(=O)C2=CC2CN(CCC(=O)OCC)c3ccccc32)cc1. The summed E-state index contributed by atoms with van der Waals surface area (Å²) in [6.07, 6.45) is 3.51. The number of rotatable bonds is 11. The van der Waals surface area contributed by atoms with Gasteiger partial charge in [-0.1, -0.05) is 54.9 Å². The van der Waals surface area contributed by atoms with Crippen LogP contribution >= 0.6 is 0 Å². The number of para-hydroxylation sites is 1. The van der Waals surface area contributed by atoms with Gasteiger partial charge in [0.2, 0.25) is 10.0 Å². The number of unbranched alkanes of at least 4 members (excludes halogenated alkanes) is 1. The molecule has 2 aromatic carbocycles. The van der Waals surface area contributed by atoms with Gasteiger partial charge in [-0.3, -0.25) is 9.52 Å². The second-order valence-corrected chi connectivity index (χ2v) is 10.8. The van der Waals surface area contributed by atoms with Gasteiger partial charge in [-0.15, -0.1) is 0 Å². The van der Waals surface area contributed by atoms with Crippen LogP contribution in [0, 0.1) is 0 Å². The predicted molar refractivity (Wildman–Crippen MR) is 142 cm³/mol. The second-order valence-electron chi connectivity index (χ2n) is 8.92. The number of sulfonamides is 1. The third kappa shape index (κ3) is 6.37. The van der Waals surface area contributed by atoms with Crippen molar-refractivity contribution in [3.05, 3.63) is 71.3 Å². The number of fused-ring (bicyclic) bond motifs is 1. The van der Waals surface area contributed by atoms with Gasteiger partial charge in [0.15, 0.2) is 0 Å². The first kappa shape index (κ1) is 26.4. The zero-order valence-corrected chi connectivity index (χ0v) is 21.8. The van der Waals surface area contributed by atoms with Crippen LogP contribution in [0.2, 0.25) is 0 Å². The minimum atomic E-state index is -3.42. The molecular weight excluding hydrogens is 494 g/mol. The van der Waals surface area contributed by atoms with Crippen LogP contribution in [0.25, 0.3) is 0 Å². The van der Waals surface area contributed by atoms with E-state index in [9.17, 15) is 18.0 Å². The van der Waals surface area contributed by atoms with E-state index in [2.05, 4.69) is 14.8 Å². The van der Waals surface area contributed by atoms with E-state index in [1.54, 1.807) is 31.2 Å². The first-order chi connectivity index (χ1) is 17.8. The van der Waals surface area contributed by atoms with Crippen molar-refractivity contribution < 1.29 is 27.6 Å². The molecule has 2 aliphatic rings. The van der Waals surface area contributed by atoms with E-state index in [1.165, 1.54) is 0 Å². The Kier molecular flexibility index (Phi) is 8.27. The molecule has 2 aromatic rings. The van der Waals surface area contributed by atoms with Gasteiger partial charge in [0.25, 0.3) is 0 Å². The number of hydrogen-bond donors (Lipinski definition) is 1. The number of hydrogen-bond acceptors (Lipinski definition) is 8. The molecule has 0 aromatic heterocycles. The van der Waals surface area contributed by atoms with Crippen LogP contribution in [0.15, 0.2) is 65.3 Å². The topological polar surface area (TPSA) is 114 Å². The van der Waals surface area contributed by atoms with Crippen LogP contribution in [-0.4, -0.2) is 51.5 Å². The highest BCUT2D eigenvalue weighted by molar-refractivity contribution is 7.92. The van der Waals surface area contributed by atoms with E-state index in [-0.39, 0.29) is 24.1 Å². The first-order valence-corrected chi connectivity index (χ1v) is 14.1. The lowest BCUT2D eigenvalue weighted by atomic mass is 9.94. The molecule has 4 rings (SSSR count). The summed E-state index contributed by atoms with van der Waals surface area (Å²) < 4.78 is 32.0. The molecule has 1 N–H and O–H groups in total. The molecule has 0 saturated heterocycles. The monoisotopic (exact) mass is 525 g/mol. The predicted octanol–water partition coefficient (Wildman–Crippen LogP) is 3.97. The van der Waals surface area contributed by atoms with Gasteiger partial charge in [0.1, 0.15) is 5.71 Å². The maximum atomic E-state index is 12.6. The summed E-state index contributed by atoms with van der Waals surface area (Å²) in [7, 11) is -3.42. The third-order valence-electron chi connectivity index (χ3n) is 6.25. The van der Waals surface area contributed by atoms with Crippen molar-refractivity contribution in [1.29, 1.82) is 0 Å². The number of ether oxygens (including phenoxy) is 1. The highest BCUT2D eigenvalue weighted by atomic mass is 32.2. The summed E-state index contributed by atoms with van der Waals surface area (Å²) in [6.45, 7) is 5.18. The summed E-state index contributed by atoms with van der Waals surface area (Å²) in [6, 6.07) is 14.6. The van der Waals surface area contributed by atoms with Gasteiger partial charge >= 0.3 is 11.9 Å². The molecule has 0 fully saturated rings. The average Bonchev–Trinajstić information content (AvgIpc) is 3.42. The minimum Gasteiger partial charge on any atom is -0.466 e. The van der Waals surface area contributed by atoms with E-state index >= 15 is 0 Å². The summed E-state index contributed by atoms with van der Waals surface area (Å²) in [4.78, 5) is 31.6. The van der Waals surface area contributed by atoms with Gasteiger partial charge in [0, 0.05) is 35.9 Å². The molecule has 1 unspecified atom stereocenters. The van der Waals surface area contributed by atoms with Gasteiger partial charge in [-0.05, 0) is 37.1 Å². The van der Waals surface area contributed by atoms with Crippen molar-refractivity contribution in [1.82, 2.24) is 0 Å². The maximum Gasteiger partial charge on any atom is 0.367 e. The van der Waals surface area contributed by atoms with Crippen LogP contribution in [-0.2, 0) is 29.2 Å². The second kappa shape index (κ2) is 11.6. The Morgan fingerprint density at radius 3 is 2.68 bits per heavy atom.